The summed E-state index contributed by atoms with van der Waals surface area (Å²) in [5, 5.41) is 16.1. The fourth-order valence-electron chi connectivity index (χ4n) is 2.67. The number of benzene rings is 2. The number of non-ortho nitro benzene ring substituents is 1. The van der Waals surface area contributed by atoms with Crippen LogP contribution in [0.15, 0.2) is 36.4 Å². The van der Waals surface area contributed by atoms with Crippen LogP contribution >= 0.6 is 0 Å². The second-order valence-corrected chi connectivity index (χ2v) is 6.24. The number of amides is 2. The average Bonchev–Trinajstić information content (AvgIpc) is 2.76. The summed E-state index contributed by atoms with van der Waals surface area (Å²) in [5.74, 6) is 0.438. The number of nitrogens with one attached hydrogen (secondary N) is 2. The van der Waals surface area contributed by atoms with E-state index in [1.807, 2.05) is 0 Å². The second kappa shape index (κ2) is 10.1. The Hall–Kier alpha value is -3.82. The molecule has 10 heteroatoms. The zero-order chi connectivity index (χ0) is 22.3. The van der Waals surface area contributed by atoms with Crippen molar-refractivity contribution < 1.29 is 28.7 Å². The van der Waals surface area contributed by atoms with E-state index in [-0.39, 0.29) is 17.8 Å². The number of nitrogens with zero attached hydrogens (tertiary/aromatic N) is 1. The predicted molar refractivity (Wildman–Crippen MR) is 108 cm³/mol. The Morgan fingerprint density at radius 1 is 1.03 bits per heavy atom. The molecule has 0 unspecified atom stereocenters. The van der Waals surface area contributed by atoms with Gasteiger partial charge in [0, 0.05) is 35.9 Å². The van der Waals surface area contributed by atoms with E-state index in [0.717, 1.165) is 6.07 Å². The largest absolute Gasteiger partial charge is 0.496 e. The Labute approximate surface area is 173 Å². The van der Waals surface area contributed by atoms with Gasteiger partial charge in [-0.05, 0) is 19.1 Å². The summed E-state index contributed by atoms with van der Waals surface area (Å²) < 4.78 is 15.8. The van der Waals surface area contributed by atoms with Crippen molar-refractivity contribution in [2.24, 2.45) is 0 Å². The molecular weight excluding hydrogens is 394 g/mol. The number of methoxy groups -OCH3 is 3. The summed E-state index contributed by atoms with van der Waals surface area (Å²) in [4.78, 5) is 35.0. The molecule has 30 heavy (non-hydrogen) atoms. The summed E-state index contributed by atoms with van der Waals surface area (Å²) in [7, 11) is 4.50. The van der Waals surface area contributed by atoms with Crippen LogP contribution in [-0.2, 0) is 11.3 Å². The maximum atomic E-state index is 12.4. The zero-order valence-corrected chi connectivity index (χ0v) is 17.1. The highest BCUT2D eigenvalue weighted by molar-refractivity contribution is 5.97. The predicted octanol–water partition coefficient (Wildman–Crippen LogP) is 2.06. The van der Waals surface area contributed by atoms with Crippen LogP contribution < -0.4 is 24.8 Å². The van der Waals surface area contributed by atoms with Crippen molar-refractivity contribution in [3.8, 4) is 17.2 Å². The van der Waals surface area contributed by atoms with E-state index in [0.29, 0.717) is 22.8 Å². The highest BCUT2D eigenvalue weighted by atomic mass is 16.6. The number of nitro benzene ring substituents is 1. The van der Waals surface area contributed by atoms with Crippen molar-refractivity contribution in [3.63, 3.8) is 0 Å². The minimum atomic E-state index is -0.872. The number of carbonyl (C=O) groups excluding carboxylic acids is 2. The first kappa shape index (κ1) is 22.5. The molecule has 0 saturated carbocycles. The third-order valence-electron chi connectivity index (χ3n) is 4.30. The molecule has 2 aromatic carbocycles. The van der Waals surface area contributed by atoms with E-state index < -0.39 is 22.8 Å². The van der Waals surface area contributed by atoms with Crippen LogP contribution in [0.25, 0.3) is 0 Å². The molecule has 2 aromatic rings. The van der Waals surface area contributed by atoms with Crippen molar-refractivity contribution in [2.75, 3.05) is 21.3 Å². The van der Waals surface area contributed by atoms with Crippen molar-refractivity contribution in [1.29, 1.82) is 0 Å². The summed E-state index contributed by atoms with van der Waals surface area (Å²) in [5.41, 5.74) is 0.534. The van der Waals surface area contributed by atoms with Gasteiger partial charge in [0.2, 0.25) is 5.91 Å². The van der Waals surface area contributed by atoms with Crippen molar-refractivity contribution >= 4 is 17.5 Å². The van der Waals surface area contributed by atoms with E-state index in [4.69, 9.17) is 14.2 Å². The minimum absolute atomic E-state index is 0.0883. The standard InChI is InChI=1S/C20H23N3O7/c1-12(22-20(25)13-6-5-7-15(8-13)23(26)27)19(24)21-11-14-9-17(29-3)18(30-4)10-16(14)28-2/h5-10,12H,11H2,1-4H3,(H,21,24)(H,22,25)/t12-/m0/s1. The molecule has 2 N–H and O–H groups in total. The van der Waals surface area contributed by atoms with Crippen LogP contribution in [0.2, 0.25) is 0 Å². The normalized spacial score (nSPS) is 11.2. The first-order valence-corrected chi connectivity index (χ1v) is 8.92. The molecule has 0 aliphatic carbocycles. The zero-order valence-electron chi connectivity index (χ0n) is 17.1. The van der Waals surface area contributed by atoms with E-state index in [9.17, 15) is 19.7 Å². The Kier molecular flexibility index (Phi) is 7.56. The van der Waals surface area contributed by atoms with Crippen LogP contribution in [0.5, 0.6) is 17.2 Å². The van der Waals surface area contributed by atoms with Crippen LogP contribution in [0.1, 0.15) is 22.8 Å². The van der Waals surface area contributed by atoms with Crippen LogP contribution in [-0.4, -0.2) is 44.1 Å². The van der Waals surface area contributed by atoms with E-state index in [1.165, 1.54) is 46.5 Å². The summed E-state index contributed by atoms with van der Waals surface area (Å²) in [6.07, 6.45) is 0. The maximum Gasteiger partial charge on any atom is 0.270 e. The lowest BCUT2D eigenvalue weighted by molar-refractivity contribution is -0.384. The Morgan fingerprint density at radius 2 is 1.67 bits per heavy atom. The van der Waals surface area contributed by atoms with Gasteiger partial charge >= 0.3 is 0 Å². The molecule has 2 amide bonds. The molecule has 0 aromatic heterocycles. The Morgan fingerprint density at radius 3 is 2.27 bits per heavy atom. The molecule has 0 bridgehead atoms. The van der Waals surface area contributed by atoms with Gasteiger partial charge in [-0.3, -0.25) is 19.7 Å². The van der Waals surface area contributed by atoms with Gasteiger partial charge in [0.15, 0.2) is 11.5 Å². The maximum absolute atomic E-state index is 12.4. The molecule has 0 spiro atoms. The van der Waals surface area contributed by atoms with Crippen LogP contribution in [0, 0.1) is 10.1 Å². The molecule has 2 rings (SSSR count). The average molecular weight is 417 g/mol. The van der Waals surface area contributed by atoms with Gasteiger partial charge in [0.05, 0.1) is 26.3 Å². The lowest BCUT2D eigenvalue weighted by atomic mass is 10.1. The number of ether oxygens (including phenoxy) is 3. The molecule has 0 aliphatic rings. The lowest BCUT2D eigenvalue weighted by Gasteiger charge is -2.17. The third-order valence-corrected chi connectivity index (χ3v) is 4.30. The molecule has 0 heterocycles. The van der Waals surface area contributed by atoms with E-state index >= 15 is 0 Å². The molecule has 0 aliphatic heterocycles. The molecule has 0 saturated heterocycles. The Balaban J connectivity index is 2.03. The van der Waals surface area contributed by atoms with Gasteiger partial charge in [-0.1, -0.05) is 6.07 Å². The molecule has 160 valence electrons. The van der Waals surface area contributed by atoms with Gasteiger partial charge in [-0.25, -0.2) is 0 Å². The number of hydrogen-bond donors (Lipinski definition) is 2. The smallest absolute Gasteiger partial charge is 0.270 e. The number of hydrogen-bond acceptors (Lipinski definition) is 7. The number of rotatable bonds is 9. The Bertz CT molecular complexity index is 946. The molecule has 0 radical (unpaired) electrons. The fourth-order valence-corrected chi connectivity index (χ4v) is 2.67. The highest BCUT2D eigenvalue weighted by Gasteiger charge is 2.19. The monoisotopic (exact) mass is 417 g/mol. The highest BCUT2D eigenvalue weighted by Crippen LogP contribution is 2.34. The summed E-state index contributed by atoms with van der Waals surface area (Å²) >= 11 is 0. The summed E-state index contributed by atoms with van der Waals surface area (Å²) in [6.45, 7) is 1.63. The van der Waals surface area contributed by atoms with Gasteiger partial charge in [-0.2, -0.15) is 0 Å². The SMILES string of the molecule is COc1cc(OC)c(OC)cc1CNC(=O)[C@H](C)NC(=O)c1cccc([N+](=O)[O-])c1. The molecule has 1 atom stereocenters. The van der Waals surface area contributed by atoms with Gasteiger partial charge < -0.3 is 24.8 Å². The van der Waals surface area contributed by atoms with Crippen molar-refractivity contribution in [1.82, 2.24) is 10.6 Å². The summed E-state index contributed by atoms with van der Waals surface area (Å²) in [6, 6.07) is 7.72. The first-order valence-electron chi connectivity index (χ1n) is 8.92. The van der Waals surface area contributed by atoms with Gasteiger partial charge in [0.25, 0.3) is 11.6 Å². The number of nitro groups is 1. The molecule has 10 nitrogen and oxygen atoms in total. The lowest BCUT2D eigenvalue weighted by Crippen LogP contribution is -2.44. The van der Waals surface area contributed by atoms with E-state index in [1.54, 1.807) is 12.1 Å². The van der Waals surface area contributed by atoms with Crippen LogP contribution in [0.3, 0.4) is 0 Å². The molecular formula is C20H23N3O7. The second-order valence-electron chi connectivity index (χ2n) is 6.24. The van der Waals surface area contributed by atoms with Gasteiger partial charge in [0.1, 0.15) is 11.8 Å². The quantitative estimate of drug-likeness (QED) is 0.472. The van der Waals surface area contributed by atoms with E-state index in [2.05, 4.69) is 10.6 Å². The molecule has 0 fully saturated rings. The van der Waals surface area contributed by atoms with Crippen LogP contribution in [0.4, 0.5) is 5.69 Å². The van der Waals surface area contributed by atoms with Crippen molar-refractivity contribution in [2.45, 2.75) is 19.5 Å². The minimum Gasteiger partial charge on any atom is -0.496 e. The first-order chi connectivity index (χ1) is 14.3. The van der Waals surface area contributed by atoms with Gasteiger partial charge in [-0.15, -0.1) is 0 Å². The fraction of sp³-hybridized carbons (Fsp3) is 0.300. The topological polar surface area (TPSA) is 129 Å². The third kappa shape index (κ3) is 5.37. The van der Waals surface area contributed by atoms with Crippen molar-refractivity contribution in [3.05, 3.63) is 57.6 Å². The number of carbonyl (C=O) groups is 2.